The van der Waals surface area contributed by atoms with Gasteiger partial charge in [0.2, 0.25) is 0 Å². The smallest absolute Gasteiger partial charge is 0.303 e. The molecule has 6 heteroatoms. The number of carbonyl (C=O) groups is 2. The summed E-state index contributed by atoms with van der Waals surface area (Å²) in [6.45, 7) is 0.627. The van der Waals surface area contributed by atoms with Gasteiger partial charge in [-0.3, -0.25) is 14.7 Å². The maximum atomic E-state index is 12.1. The molecule has 1 amide bonds. The van der Waals surface area contributed by atoms with E-state index in [0.717, 1.165) is 43.0 Å². The van der Waals surface area contributed by atoms with Crippen molar-refractivity contribution in [2.24, 2.45) is 0 Å². The van der Waals surface area contributed by atoms with Gasteiger partial charge in [-0.25, -0.2) is 0 Å². The van der Waals surface area contributed by atoms with E-state index >= 15 is 0 Å². The zero-order chi connectivity index (χ0) is 15.8. The standard InChI is InChI=1S/C16H21N3O3/c20-14(21)9-4-2-1-3-5-10-17-16(22)13-8-6-7-12-11-18-19-15(12)13/h6-8,11H,1-5,9-10H2,(H,17,22)(H,18,19)(H,20,21). The lowest BCUT2D eigenvalue weighted by atomic mass is 10.1. The maximum Gasteiger partial charge on any atom is 0.303 e. The molecule has 0 saturated heterocycles. The number of hydrogen-bond donors (Lipinski definition) is 3. The van der Waals surface area contributed by atoms with E-state index in [4.69, 9.17) is 5.11 Å². The third kappa shape index (κ3) is 4.58. The fourth-order valence-corrected chi connectivity index (χ4v) is 2.39. The summed E-state index contributed by atoms with van der Waals surface area (Å²) in [5.41, 5.74) is 1.37. The van der Waals surface area contributed by atoms with Crippen molar-refractivity contribution in [3.05, 3.63) is 30.0 Å². The number of para-hydroxylation sites is 1. The topological polar surface area (TPSA) is 95.1 Å². The summed E-state index contributed by atoms with van der Waals surface area (Å²) in [5, 5.41) is 19.2. The van der Waals surface area contributed by atoms with Crippen LogP contribution in [0.15, 0.2) is 24.4 Å². The van der Waals surface area contributed by atoms with Crippen molar-refractivity contribution >= 4 is 22.8 Å². The fraction of sp³-hybridized carbons (Fsp3) is 0.438. The molecule has 3 N–H and O–H groups in total. The Labute approximate surface area is 128 Å². The van der Waals surface area contributed by atoms with Gasteiger partial charge in [0.05, 0.1) is 17.3 Å². The van der Waals surface area contributed by atoms with Gasteiger partial charge in [0, 0.05) is 18.4 Å². The molecule has 0 spiro atoms. The Balaban J connectivity index is 1.66. The molecular weight excluding hydrogens is 282 g/mol. The highest BCUT2D eigenvalue weighted by molar-refractivity contribution is 6.05. The van der Waals surface area contributed by atoms with Crippen molar-refractivity contribution in [2.45, 2.75) is 38.5 Å². The zero-order valence-electron chi connectivity index (χ0n) is 12.5. The van der Waals surface area contributed by atoms with Gasteiger partial charge in [-0.2, -0.15) is 5.10 Å². The van der Waals surface area contributed by atoms with Crippen LogP contribution in [0.4, 0.5) is 0 Å². The van der Waals surface area contributed by atoms with E-state index in [1.54, 1.807) is 12.3 Å². The molecule has 22 heavy (non-hydrogen) atoms. The van der Waals surface area contributed by atoms with Crippen LogP contribution >= 0.6 is 0 Å². The lowest BCUT2D eigenvalue weighted by Crippen LogP contribution is -2.24. The normalized spacial score (nSPS) is 10.7. The number of nitrogens with zero attached hydrogens (tertiary/aromatic N) is 1. The highest BCUT2D eigenvalue weighted by Crippen LogP contribution is 2.15. The number of H-pyrrole nitrogens is 1. The van der Waals surface area contributed by atoms with E-state index in [-0.39, 0.29) is 12.3 Å². The number of carboxylic acids is 1. The maximum absolute atomic E-state index is 12.1. The number of aromatic nitrogens is 2. The van der Waals surface area contributed by atoms with E-state index in [2.05, 4.69) is 15.5 Å². The number of fused-ring (bicyclic) bond motifs is 1. The van der Waals surface area contributed by atoms with Crippen LogP contribution in [0.25, 0.3) is 10.9 Å². The van der Waals surface area contributed by atoms with E-state index in [1.165, 1.54) is 0 Å². The first-order valence-corrected chi connectivity index (χ1v) is 7.60. The average molecular weight is 303 g/mol. The second-order valence-electron chi connectivity index (χ2n) is 5.31. The Bertz CT molecular complexity index is 636. The molecule has 0 radical (unpaired) electrons. The molecule has 118 valence electrons. The van der Waals surface area contributed by atoms with E-state index < -0.39 is 5.97 Å². The molecular formula is C16H21N3O3. The molecule has 1 aromatic heterocycles. The summed E-state index contributed by atoms with van der Waals surface area (Å²) in [5.74, 6) is -0.832. The minimum Gasteiger partial charge on any atom is -0.481 e. The minimum atomic E-state index is -0.736. The molecule has 0 saturated carbocycles. The molecule has 0 bridgehead atoms. The Morgan fingerprint density at radius 3 is 2.73 bits per heavy atom. The van der Waals surface area contributed by atoms with Gasteiger partial charge in [-0.15, -0.1) is 0 Å². The molecule has 1 aromatic carbocycles. The van der Waals surface area contributed by atoms with Crippen LogP contribution in [0, 0.1) is 0 Å². The molecule has 0 aliphatic carbocycles. The SMILES string of the molecule is O=C(O)CCCCCCCNC(=O)c1cccc2cn[nH]c12. The predicted octanol–water partition coefficient (Wildman–Crippen LogP) is 2.72. The number of amides is 1. The zero-order valence-corrected chi connectivity index (χ0v) is 12.5. The highest BCUT2D eigenvalue weighted by Gasteiger charge is 2.10. The molecule has 0 unspecified atom stereocenters. The van der Waals surface area contributed by atoms with Gasteiger partial charge >= 0.3 is 5.97 Å². The second kappa shape index (κ2) is 8.17. The van der Waals surface area contributed by atoms with Crippen LogP contribution < -0.4 is 5.32 Å². The van der Waals surface area contributed by atoms with Crippen molar-refractivity contribution in [1.82, 2.24) is 15.5 Å². The predicted molar refractivity (Wildman–Crippen MR) is 83.8 cm³/mol. The highest BCUT2D eigenvalue weighted by atomic mass is 16.4. The van der Waals surface area contributed by atoms with Crippen LogP contribution in [0.2, 0.25) is 0 Å². The third-order valence-electron chi connectivity index (χ3n) is 3.57. The van der Waals surface area contributed by atoms with Gasteiger partial charge in [-0.1, -0.05) is 31.4 Å². The third-order valence-corrected chi connectivity index (χ3v) is 3.57. The molecule has 1 heterocycles. The van der Waals surface area contributed by atoms with Crippen LogP contribution in [-0.2, 0) is 4.79 Å². The molecule has 6 nitrogen and oxygen atoms in total. The number of nitrogens with one attached hydrogen (secondary N) is 2. The summed E-state index contributed by atoms with van der Waals surface area (Å²) in [6.07, 6.45) is 6.48. The summed E-state index contributed by atoms with van der Waals surface area (Å²) >= 11 is 0. The Hall–Kier alpha value is -2.37. The first kappa shape index (κ1) is 16.0. The number of hydrogen-bond acceptors (Lipinski definition) is 3. The monoisotopic (exact) mass is 303 g/mol. The number of benzene rings is 1. The number of aliphatic carboxylic acids is 1. The van der Waals surface area contributed by atoms with Crippen molar-refractivity contribution < 1.29 is 14.7 Å². The van der Waals surface area contributed by atoms with Crippen LogP contribution in [0.1, 0.15) is 48.9 Å². The van der Waals surface area contributed by atoms with Crippen LogP contribution in [0.5, 0.6) is 0 Å². The summed E-state index contributed by atoms with van der Waals surface area (Å²) < 4.78 is 0. The van der Waals surface area contributed by atoms with Crippen molar-refractivity contribution in [3.8, 4) is 0 Å². The fourth-order valence-electron chi connectivity index (χ4n) is 2.39. The number of aromatic amines is 1. The Morgan fingerprint density at radius 1 is 1.14 bits per heavy atom. The second-order valence-corrected chi connectivity index (χ2v) is 5.31. The molecule has 2 rings (SSSR count). The molecule has 0 aliphatic rings. The molecule has 2 aromatic rings. The van der Waals surface area contributed by atoms with Gasteiger partial charge < -0.3 is 10.4 Å². The largest absolute Gasteiger partial charge is 0.481 e. The molecule has 0 atom stereocenters. The van der Waals surface area contributed by atoms with E-state index in [1.807, 2.05) is 12.1 Å². The lowest BCUT2D eigenvalue weighted by Gasteiger charge is -2.06. The summed E-state index contributed by atoms with van der Waals surface area (Å²) in [6, 6.07) is 5.53. The summed E-state index contributed by atoms with van der Waals surface area (Å²) in [4.78, 5) is 22.5. The number of carboxylic acid groups (broad SMARTS) is 1. The average Bonchev–Trinajstić information content (AvgIpc) is 2.97. The van der Waals surface area contributed by atoms with Crippen molar-refractivity contribution in [2.75, 3.05) is 6.54 Å². The van der Waals surface area contributed by atoms with Gasteiger partial charge in [0.1, 0.15) is 0 Å². The van der Waals surface area contributed by atoms with E-state index in [0.29, 0.717) is 12.1 Å². The number of rotatable bonds is 9. The van der Waals surface area contributed by atoms with Gasteiger partial charge in [0.25, 0.3) is 5.91 Å². The molecule has 0 aliphatic heterocycles. The molecule has 0 fully saturated rings. The van der Waals surface area contributed by atoms with Crippen molar-refractivity contribution in [3.63, 3.8) is 0 Å². The minimum absolute atomic E-state index is 0.0965. The van der Waals surface area contributed by atoms with Crippen LogP contribution in [-0.4, -0.2) is 33.7 Å². The number of carbonyl (C=O) groups excluding carboxylic acids is 1. The number of unbranched alkanes of at least 4 members (excludes halogenated alkanes) is 4. The van der Waals surface area contributed by atoms with E-state index in [9.17, 15) is 9.59 Å². The van der Waals surface area contributed by atoms with Crippen LogP contribution in [0.3, 0.4) is 0 Å². The summed E-state index contributed by atoms with van der Waals surface area (Å²) in [7, 11) is 0. The van der Waals surface area contributed by atoms with Crippen molar-refractivity contribution in [1.29, 1.82) is 0 Å². The Morgan fingerprint density at radius 2 is 1.91 bits per heavy atom. The van der Waals surface area contributed by atoms with Gasteiger partial charge in [0.15, 0.2) is 0 Å². The first-order valence-electron chi connectivity index (χ1n) is 7.60. The lowest BCUT2D eigenvalue weighted by molar-refractivity contribution is -0.137. The first-order chi connectivity index (χ1) is 10.7. The quantitative estimate of drug-likeness (QED) is 0.621. The Kier molecular flexibility index (Phi) is 5.94. The van der Waals surface area contributed by atoms with Gasteiger partial charge in [-0.05, 0) is 18.9 Å².